The van der Waals surface area contributed by atoms with E-state index in [0.717, 1.165) is 51.4 Å². The number of pyridine rings is 1. The van der Waals surface area contributed by atoms with E-state index >= 15 is 0 Å². The fraction of sp³-hybridized carbons (Fsp3) is 0.444. The molecule has 3 aromatic rings. The van der Waals surface area contributed by atoms with Crippen molar-refractivity contribution < 1.29 is 19.1 Å². The van der Waals surface area contributed by atoms with Crippen molar-refractivity contribution in [1.29, 1.82) is 0 Å². The van der Waals surface area contributed by atoms with Crippen molar-refractivity contribution in [3.05, 3.63) is 78.0 Å². The van der Waals surface area contributed by atoms with Crippen LogP contribution in [-0.2, 0) is 16.1 Å². The predicted octanol–water partition coefficient (Wildman–Crippen LogP) is 5.57. The molecular formula is C36H48N6O4. The van der Waals surface area contributed by atoms with Gasteiger partial charge < -0.3 is 19.9 Å². The maximum atomic E-state index is 13.6. The molecule has 246 valence electrons. The number of benzene rings is 2. The van der Waals surface area contributed by atoms with Crippen molar-refractivity contribution in [1.82, 2.24) is 19.7 Å². The number of hydrogen-bond donors (Lipinski definition) is 1. The maximum absolute atomic E-state index is 13.6. The summed E-state index contributed by atoms with van der Waals surface area (Å²) in [7, 11) is 0. The van der Waals surface area contributed by atoms with Crippen LogP contribution in [0.4, 0.5) is 17.2 Å². The fourth-order valence-electron chi connectivity index (χ4n) is 5.61. The Morgan fingerprint density at radius 3 is 2.28 bits per heavy atom. The molecule has 0 radical (unpaired) electrons. The van der Waals surface area contributed by atoms with Gasteiger partial charge in [0.1, 0.15) is 5.75 Å². The van der Waals surface area contributed by atoms with Gasteiger partial charge in [0.05, 0.1) is 23.5 Å². The molecule has 46 heavy (non-hydrogen) atoms. The van der Waals surface area contributed by atoms with E-state index in [-0.39, 0.29) is 30.6 Å². The highest BCUT2D eigenvalue weighted by Gasteiger charge is 2.30. The third kappa shape index (κ3) is 9.14. The summed E-state index contributed by atoms with van der Waals surface area (Å²) in [6.07, 6.45) is 2.65. The molecular weight excluding hydrogens is 580 g/mol. The quantitative estimate of drug-likeness (QED) is 0.195. The van der Waals surface area contributed by atoms with Crippen LogP contribution in [0.3, 0.4) is 0 Å². The number of likely N-dealkylation sites (N-methyl/N-ethyl adjacent to an activating group) is 2. The van der Waals surface area contributed by atoms with Crippen LogP contribution < -0.4 is 15.0 Å². The maximum Gasteiger partial charge on any atom is 0.257 e. The molecule has 3 amide bonds. The second-order valence-corrected chi connectivity index (χ2v) is 11.3. The smallest absolute Gasteiger partial charge is 0.257 e. The van der Waals surface area contributed by atoms with E-state index in [1.807, 2.05) is 19.1 Å². The summed E-state index contributed by atoms with van der Waals surface area (Å²) in [6, 6.07) is 18.6. The summed E-state index contributed by atoms with van der Waals surface area (Å²) >= 11 is 0. The molecule has 0 fully saturated rings. The lowest BCUT2D eigenvalue weighted by atomic mass is 10.1. The summed E-state index contributed by atoms with van der Waals surface area (Å²) in [5.74, 6) is 0.556. The van der Waals surface area contributed by atoms with Crippen LogP contribution in [0.25, 0.3) is 0 Å². The van der Waals surface area contributed by atoms with Crippen molar-refractivity contribution in [2.24, 2.45) is 0 Å². The number of anilines is 3. The van der Waals surface area contributed by atoms with Crippen LogP contribution in [-0.4, -0.2) is 89.8 Å². The number of aromatic nitrogens is 1. The van der Waals surface area contributed by atoms with Crippen LogP contribution in [0.15, 0.2) is 66.9 Å². The van der Waals surface area contributed by atoms with Gasteiger partial charge in [-0.2, -0.15) is 0 Å². The van der Waals surface area contributed by atoms with Crippen molar-refractivity contribution in [3.8, 4) is 5.75 Å². The molecule has 1 N–H and O–H groups in total. The highest BCUT2D eigenvalue weighted by atomic mass is 16.5. The van der Waals surface area contributed by atoms with E-state index in [9.17, 15) is 14.4 Å². The van der Waals surface area contributed by atoms with Gasteiger partial charge in [-0.05, 0) is 74.9 Å². The minimum absolute atomic E-state index is 0.00471. The molecule has 2 aromatic carbocycles. The van der Waals surface area contributed by atoms with E-state index in [2.05, 4.69) is 53.0 Å². The van der Waals surface area contributed by atoms with Gasteiger partial charge in [0, 0.05) is 51.8 Å². The Bertz CT molecular complexity index is 1440. The first-order valence-corrected chi connectivity index (χ1v) is 16.5. The Balaban J connectivity index is 1.29. The second kappa shape index (κ2) is 17.4. The van der Waals surface area contributed by atoms with Crippen LogP contribution in [0.1, 0.15) is 62.9 Å². The van der Waals surface area contributed by atoms with Crippen LogP contribution in [0, 0.1) is 0 Å². The highest BCUT2D eigenvalue weighted by Crippen LogP contribution is 2.36. The molecule has 10 nitrogen and oxygen atoms in total. The Labute approximate surface area is 273 Å². The molecule has 0 unspecified atom stereocenters. The lowest BCUT2D eigenvalue weighted by Crippen LogP contribution is -2.39. The Kier molecular flexibility index (Phi) is 13.1. The highest BCUT2D eigenvalue weighted by molar-refractivity contribution is 6.17. The number of fused-ring (bicyclic) bond motifs is 2. The largest absolute Gasteiger partial charge is 0.494 e. The number of nitrogens with one attached hydrogen (secondary N) is 1. The summed E-state index contributed by atoms with van der Waals surface area (Å²) in [4.78, 5) is 52.1. The number of carbonyl (C=O) groups excluding carboxylic acids is 3. The molecule has 0 spiro atoms. The number of carbonyl (C=O) groups is 3. The minimum Gasteiger partial charge on any atom is -0.494 e. The van der Waals surface area contributed by atoms with Crippen molar-refractivity contribution in [2.45, 2.75) is 53.5 Å². The average Bonchev–Trinajstić information content (AvgIpc) is 3.21. The van der Waals surface area contributed by atoms with Gasteiger partial charge in [-0.15, -0.1) is 0 Å². The van der Waals surface area contributed by atoms with E-state index in [0.29, 0.717) is 42.5 Å². The number of rotatable bonds is 17. The molecule has 0 saturated heterocycles. The molecule has 4 rings (SSSR count). The van der Waals surface area contributed by atoms with Crippen molar-refractivity contribution in [3.63, 3.8) is 0 Å². The molecule has 0 atom stereocenters. The average molecular weight is 629 g/mol. The summed E-state index contributed by atoms with van der Waals surface area (Å²) < 4.78 is 5.94. The first-order chi connectivity index (χ1) is 22.4. The molecule has 1 aliphatic rings. The van der Waals surface area contributed by atoms with E-state index < -0.39 is 0 Å². The van der Waals surface area contributed by atoms with Gasteiger partial charge in [-0.25, -0.2) is 4.98 Å². The summed E-state index contributed by atoms with van der Waals surface area (Å²) in [5, 5.41) is 2.84. The van der Waals surface area contributed by atoms with Crippen LogP contribution in [0.5, 0.6) is 5.75 Å². The third-order valence-electron chi connectivity index (χ3n) is 8.42. The number of ether oxygens (including phenoxy) is 1. The minimum atomic E-state index is -0.306. The van der Waals surface area contributed by atoms with E-state index in [1.165, 1.54) is 10.5 Å². The molecule has 0 saturated carbocycles. The Morgan fingerprint density at radius 1 is 0.826 bits per heavy atom. The molecule has 0 aliphatic carbocycles. The van der Waals surface area contributed by atoms with Crippen molar-refractivity contribution in [2.75, 3.05) is 62.6 Å². The van der Waals surface area contributed by atoms with Crippen LogP contribution >= 0.6 is 0 Å². The van der Waals surface area contributed by atoms with E-state index in [1.54, 1.807) is 47.5 Å². The molecule has 1 aromatic heterocycles. The Morgan fingerprint density at radius 2 is 1.57 bits per heavy atom. The zero-order valence-electron chi connectivity index (χ0n) is 27.7. The lowest BCUT2D eigenvalue weighted by Gasteiger charge is -2.27. The van der Waals surface area contributed by atoms with Gasteiger partial charge in [-0.1, -0.05) is 45.0 Å². The zero-order valence-corrected chi connectivity index (χ0v) is 27.7. The predicted molar refractivity (Wildman–Crippen MR) is 183 cm³/mol. The molecule has 2 heterocycles. The van der Waals surface area contributed by atoms with E-state index in [4.69, 9.17) is 4.74 Å². The van der Waals surface area contributed by atoms with Gasteiger partial charge in [0.2, 0.25) is 11.8 Å². The Hall–Kier alpha value is -4.28. The summed E-state index contributed by atoms with van der Waals surface area (Å²) in [5.41, 5.74) is 2.47. The lowest BCUT2D eigenvalue weighted by molar-refractivity contribution is -0.133. The number of nitrogens with zero attached hydrogens (tertiary/aromatic N) is 5. The molecule has 1 aliphatic heterocycles. The van der Waals surface area contributed by atoms with Crippen LogP contribution in [0.2, 0.25) is 0 Å². The third-order valence-corrected chi connectivity index (χ3v) is 8.42. The van der Waals surface area contributed by atoms with Gasteiger partial charge in [0.15, 0.2) is 5.82 Å². The number of para-hydroxylation sites is 1. The normalized spacial score (nSPS) is 12.4. The number of amides is 3. The number of hydrogen-bond acceptors (Lipinski definition) is 7. The van der Waals surface area contributed by atoms with Crippen molar-refractivity contribution >= 4 is 34.9 Å². The van der Waals surface area contributed by atoms with Gasteiger partial charge >= 0.3 is 0 Å². The first-order valence-electron chi connectivity index (χ1n) is 16.5. The zero-order chi connectivity index (χ0) is 32.9. The summed E-state index contributed by atoms with van der Waals surface area (Å²) in [6.45, 7) is 15.8. The topological polar surface area (TPSA) is 98.3 Å². The van der Waals surface area contributed by atoms with Gasteiger partial charge in [0.25, 0.3) is 5.91 Å². The fourth-order valence-corrected chi connectivity index (χ4v) is 5.61. The molecule has 10 heteroatoms. The van der Waals surface area contributed by atoms with Gasteiger partial charge in [-0.3, -0.25) is 24.2 Å². The first kappa shape index (κ1) is 34.6. The SMILES string of the molecule is CCN(CC)CCCOc1ccc(CN(CC)CCN(CC)C(=O)CCC(=O)N2c3ccccc3C(=O)Nc3cccnc32)cc1. The molecule has 0 bridgehead atoms. The monoisotopic (exact) mass is 628 g/mol. The second-order valence-electron chi connectivity index (χ2n) is 11.3. The standard InChI is InChI=1S/C36H48N6O4/c1-5-39(6-2)23-12-26-46-29-18-16-28(17-19-29)27-40(7-3)24-25-41(8-4)33(43)20-21-34(44)42-32-15-10-9-13-30(32)36(45)38-31-14-11-22-37-35(31)42/h9-11,13-19,22H,5-8,12,20-21,23-27H2,1-4H3,(H,38,45).